The molecule has 574 valence electrons. The Kier molecular flexibility index (Phi) is 34.4. The van der Waals surface area contributed by atoms with Gasteiger partial charge in [0.1, 0.15) is 5.75 Å². The molecule has 15 rings (SSSR count). The smallest absolute Gasteiger partial charge is 0.309 e. The fourth-order valence-corrected chi connectivity index (χ4v) is 16.5. The summed E-state index contributed by atoms with van der Waals surface area (Å²) in [6.07, 6.45) is 42.6. The number of carbonyl (C=O) groups is 1. The van der Waals surface area contributed by atoms with Crippen molar-refractivity contribution in [2.24, 2.45) is 68.5 Å². The minimum absolute atomic E-state index is 0.00258. The van der Waals surface area contributed by atoms with Crippen LogP contribution in [0.4, 0.5) is 0 Å². The van der Waals surface area contributed by atoms with Crippen LogP contribution in [0.1, 0.15) is 241 Å². The Morgan fingerprint density at radius 1 is 0.530 bits per heavy atom. The van der Waals surface area contributed by atoms with Gasteiger partial charge in [-0.2, -0.15) is 0 Å². The topological polar surface area (TPSA) is 176 Å². The van der Waals surface area contributed by atoms with Crippen LogP contribution in [-0.4, -0.2) is 179 Å². The van der Waals surface area contributed by atoms with E-state index in [1.807, 2.05) is 30.3 Å². The summed E-state index contributed by atoms with van der Waals surface area (Å²) in [7, 11) is 0. The first-order chi connectivity index (χ1) is 48.8. The third-order valence-electron chi connectivity index (χ3n) is 25.8. The summed E-state index contributed by atoms with van der Waals surface area (Å²) in [5.74, 6) is 5.57. The summed E-state index contributed by atoms with van der Waals surface area (Å²) >= 11 is 0. The van der Waals surface area contributed by atoms with Gasteiger partial charge in [-0.15, -0.1) is 0 Å². The number of aliphatic hydroxyl groups is 1. The maximum Gasteiger partial charge on any atom is 0.309 e. The number of para-hydroxylation sites is 1. The number of carbonyl (C=O) groups excluding carboxylic acids is 1. The zero-order chi connectivity index (χ0) is 70.5. The lowest BCUT2D eigenvalue weighted by Gasteiger charge is -2.44. The van der Waals surface area contributed by atoms with Crippen molar-refractivity contribution in [2.45, 2.75) is 284 Å². The first kappa shape index (κ1) is 81.6. The van der Waals surface area contributed by atoms with E-state index in [1.165, 1.54) is 128 Å². The quantitative estimate of drug-likeness (QED) is 0.0437. The fraction of sp³-hybridized carbons (Fsp3) is 0.893. The molecular weight excluding hydrogens is 1260 g/mol. The zero-order valence-corrected chi connectivity index (χ0v) is 64.0. The van der Waals surface area contributed by atoms with Gasteiger partial charge < -0.3 is 71.4 Å². The molecule has 1 aromatic carbocycles. The second-order valence-electron chi connectivity index (χ2n) is 33.6. The SMILES string of the molecule is C1CCC2C(C1)CCC1OC12.C=COCC1CCC(CO)CC1.CCC1(COC2CCCCC2)COC1.CCC1(COCC2(CC)COC2)COC1.CCC1(COc2ccccc2)COC1.CCCCC(CC)COCC1(CC)COC1.O=C(OCC1CCC2OC2C1)C1CCC2OC2C1. The first-order valence-electron chi connectivity index (χ1n) is 41.1. The number of rotatable bonds is 30. The number of esters is 1. The lowest BCUT2D eigenvalue weighted by atomic mass is 9.71. The van der Waals surface area contributed by atoms with Crippen LogP contribution in [0.5, 0.6) is 5.75 Å². The van der Waals surface area contributed by atoms with Crippen LogP contribution in [0, 0.1) is 68.5 Å². The molecule has 0 amide bonds. The van der Waals surface area contributed by atoms with E-state index in [0.29, 0.717) is 95.4 Å². The Morgan fingerprint density at radius 2 is 1.05 bits per heavy atom. The highest BCUT2D eigenvalue weighted by Gasteiger charge is 2.52. The highest BCUT2D eigenvalue weighted by atomic mass is 16.6. The Morgan fingerprint density at radius 3 is 1.58 bits per heavy atom. The second-order valence-corrected chi connectivity index (χ2v) is 33.6. The molecule has 0 radical (unpaired) electrons. The van der Waals surface area contributed by atoms with Crippen LogP contribution < -0.4 is 4.74 Å². The van der Waals surface area contributed by atoms with Crippen molar-refractivity contribution in [1.82, 2.24) is 0 Å². The van der Waals surface area contributed by atoms with Crippen LogP contribution in [0.3, 0.4) is 0 Å². The van der Waals surface area contributed by atoms with Gasteiger partial charge in [-0.1, -0.05) is 131 Å². The van der Waals surface area contributed by atoms with Gasteiger partial charge >= 0.3 is 5.97 Å². The van der Waals surface area contributed by atoms with Crippen molar-refractivity contribution in [2.75, 3.05) is 126 Å². The van der Waals surface area contributed by atoms with Gasteiger partial charge in [0.25, 0.3) is 0 Å². The number of aliphatic hydroxyl groups excluding tert-OH is 1. The van der Waals surface area contributed by atoms with Crippen LogP contribution in [-0.2, 0) is 66.4 Å². The van der Waals surface area contributed by atoms with E-state index >= 15 is 0 Å². The van der Waals surface area contributed by atoms with E-state index in [-0.39, 0.29) is 17.3 Å². The summed E-state index contributed by atoms with van der Waals surface area (Å²) in [5, 5.41) is 8.91. The first-order valence-corrected chi connectivity index (χ1v) is 41.1. The predicted molar refractivity (Wildman–Crippen MR) is 392 cm³/mol. The van der Waals surface area contributed by atoms with Crippen molar-refractivity contribution in [1.29, 1.82) is 0 Å². The van der Waals surface area contributed by atoms with Crippen molar-refractivity contribution < 1.29 is 76.2 Å². The summed E-state index contributed by atoms with van der Waals surface area (Å²) in [6, 6.07) is 9.96. The second kappa shape index (κ2) is 42.2. The molecular formula is C84H142O16. The average molecular weight is 1410 g/mol. The maximum atomic E-state index is 12.0. The maximum absolute atomic E-state index is 12.0. The molecule has 0 spiro atoms. The van der Waals surface area contributed by atoms with Crippen molar-refractivity contribution in [3.8, 4) is 5.75 Å². The van der Waals surface area contributed by atoms with E-state index in [4.69, 9.17) is 71.4 Å². The largest absolute Gasteiger partial charge is 0.502 e. The Hall–Kier alpha value is -2.45. The van der Waals surface area contributed by atoms with Crippen LogP contribution in [0.25, 0.3) is 0 Å². The van der Waals surface area contributed by atoms with Crippen LogP contribution in [0.2, 0.25) is 0 Å². The molecule has 8 aliphatic heterocycles. The van der Waals surface area contributed by atoms with Gasteiger partial charge in [0.2, 0.25) is 0 Å². The molecule has 8 heterocycles. The number of fused-ring (bicyclic) bond motifs is 5. The van der Waals surface area contributed by atoms with Gasteiger partial charge in [-0.25, -0.2) is 0 Å². The van der Waals surface area contributed by atoms with E-state index in [9.17, 15) is 4.79 Å². The number of ether oxygens (including phenoxy) is 14. The molecule has 8 saturated heterocycles. The molecule has 11 atom stereocenters. The molecule has 0 bridgehead atoms. The fourth-order valence-electron chi connectivity index (χ4n) is 16.5. The molecule has 1 N–H and O–H groups in total. The molecule has 100 heavy (non-hydrogen) atoms. The summed E-state index contributed by atoms with van der Waals surface area (Å²) in [5.41, 5.74) is 1.63. The number of unbranched alkanes of at least 4 members (excludes halogenated alkanes) is 1. The monoisotopic (exact) mass is 1410 g/mol. The predicted octanol–water partition coefficient (Wildman–Crippen LogP) is 16.7. The zero-order valence-electron chi connectivity index (χ0n) is 64.0. The average Bonchev–Trinajstić information content (AvgIpc) is 1.60. The van der Waals surface area contributed by atoms with Gasteiger partial charge in [-0.3, -0.25) is 4.79 Å². The summed E-state index contributed by atoms with van der Waals surface area (Å²) < 4.78 is 77.1. The molecule has 16 heteroatoms. The van der Waals surface area contributed by atoms with Crippen molar-refractivity contribution >= 4 is 5.97 Å². The highest BCUT2D eigenvalue weighted by Crippen LogP contribution is 2.50. The van der Waals surface area contributed by atoms with E-state index in [2.05, 4.69) is 55.0 Å². The minimum Gasteiger partial charge on any atom is -0.502 e. The van der Waals surface area contributed by atoms with Crippen molar-refractivity contribution in [3.63, 3.8) is 0 Å². The van der Waals surface area contributed by atoms with Gasteiger partial charge in [0.05, 0.1) is 173 Å². The number of hydrogen-bond acceptors (Lipinski definition) is 16. The third-order valence-corrected chi connectivity index (χ3v) is 25.8. The normalized spacial score (nSPS) is 32.1. The Bertz CT molecular complexity index is 2330. The molecule has 1 aromatic rings. The molecule has 16 nitrogen and oxygen atoms in total. The molecule has 14 fully saturated rings. The lowest BCUT2D eigenvalue weighted by molar-refractivity contribution is -0.187. The van der Waals surface area contributed by atoms with Gasteiger partial charge in [0, 0.05) is 34.9 Å². The Labute approximate surface area is 606 Å². The number of hydrogen-bond donors (Lipinski definition) is 1. The molecule has 14 aliphatic rings. The van der Waals surface area contributed by atoms with E-state index in [1.54, 1.807) is 0 Å². The van der Waals surface area contributed by atoms with Gasteiger partial charge in [0.15, 0.2) is 0 Å². The molecule has 11 unspecified atom stereocenters. The highest BCUT2D eigenvalue weighted by molar-refractivity contribution is 5.72. The molecule has 6 saturated carbocycles. The van der Waals surface area contributed by atoms with Gasteiger partial charge in [-0.05, 0) is 182 Å². The summed E-state index contributed by atoms with van der Waals surface area (Å²) in [4.78, 5) is 12.0. The lowest BCUT2D eigenvalue weighted by Crippen LogP contribution is -2.49. The van der Waals surface area contributed by atoms with E-state index in [0.717, 1.165) is 206 Å². The van der Waals surface area contributed by atoms with E-state index < -0.39 is 0 Å². The van der Waals surface area contributed by atoms with Crippen LogP contribution >= 0.6 is 0 Å². The van der Waals surface area contributed by atoms with Crippen molar-refractivity contribution in [3.05, 3.63) is 43.2 Å². The number of benzene rings is 1. The molecule has 6 aliphatic carbocycles. The molecule has 0 aromatic heterocycles. The summed E-state index contributed by atoms with van der Waals surface area (Å²) in [6.45, 7) is 34.9. The van der Waals surface area contributed by atoms with Crippen LogP contribution in [0.15, 0.2) is 43.2 Å². The third kappa shape index (κ3) is 25.6. The standard InChI is InChI=1S/C14H20O4.C14H28O2.C12H22O3.C12H22O2.C12H16O2.C10H18O2.C10H16O/c15-14(9-2-4-11-13(6-9)18-11)16-7-8-1-3-10-12(5-8)17-10;1-4-7-8-13(5-2)9-15-10-14(6-3)11-16-12-14;1-3-11(5-13-6-11)9-15-10-12(4-2)7-14-8-12;2*1-2-12(8-13-9-12)10-14-11-6-4-3-5-7-11;1-2-12-8-10-5-3-9(7-11)4-6-10;1-2-4-8-7(3-1)5-6-9-10(8)11-9/h8-13H,1-7H2;13H,4-12H2,1-3H3;3-10H2,1-2H3;11H,2-10H2,1H3;3-7H,2,8-10H2,1H3;2,9-11H,1,3-8H2;7-10H,1-6H2. The number of epoxide rings is 3. The minimum atomic E-state index is 0.00258. The Balaban J connectivity index is 0.000000137.